The van der Waals surface area contributed by atoms with Gasteiger partial charge in [-0.1, -0.05) is 13.8 Å². The zero-order chi connectivity index (χ0) is 14.3. The van der Waals surface area contributed by atoms with Crippen LogP contribution in [0.3, 0.4) is 0 Å². The van der Waals surface area contributed by atoms with Crippen molar-refractivity contribution < 1.29 is 14.7 Å². The van der Waals surface area contributed by atoms with Gasteiger partial charge in [0.15, 0.2) is 0 Å². The second-order valence-electron chi connectivity index (χ2n) is 5.89. The molecule has 0 aliphatic carbocycles. The Labute approximate surface area is 115 Å². The second kappa shape index (κ2) is 8.15. The smallest absolute Gasteiger partial charge is 0.303 e. The number of hydrogen-bond donors (Lipinski definition) is 3. The highest BCUT2D eigenvalue weighted by atomic mass is 16.4. The molecule has 0 aromatic rings. The minimum atomic E-state index is -0.794. The van der Waals surface area contributed by atoms with Gasteiger partial charge in [-0.25, -0.2) is 0 Å². The van der Waals surface area contributed by atoms with Gasteiger partial charge >= 0.3 is 5.97 Å². The van der Waals surface area contributed by atoms with Crippen LogP contribution in [0.2, 0.25) is 0 Å². The summed E-state index contributed by atoms with van der Waals surface area (Å²) >= 11 is 0. The molecule has 0 aromatic heterocycles. The normalized spacial score (nSPS) is 20.5. The number of amides is 1. The maximum absolute atomic E-state index is 11.8. The fourth-order valence-electron chi connectivity index (χ4n) is 2.64. The zero-order valence-electron chi connectivity index (χ0n) is 11.9. The van der Waals surface area contributed by atoms with E-state index in [1.165, 1.54) is 0 Å². The lowest BCUT2D eigenvalue weighted by Crippen LogP contribution is -2.35. The summed E-state index contributed by atoms with van der Waals surface area (Å²) in [4.78, 5) is 22.6. The van der Waals surface area contributed by atoms with Crippen LogP contribution in [0, 0.1) is 11.8 Å². The minimum absolute atomic E-state index is 0.0259. The summed E-state index contributed by atoms with van der Waals surface area (Å²) in [5, 5.41) is 15.0. The molecule has 1 rings (SSSR count). The van der Waals surface area contributed by atoms with E-state index in [-0.39, 0.29) is 18.2 Å². The summed E-state index contributed by atoms with van der Waals surface area (Å²) in [6.45, 7) is 5.60. The van der Waals surface area contributed by atoms with Crippen molar-refractivity contribution in [1.82, 2.24) is 10.6 Å². The lowest BCUT2D eigenvalue weighted by molar-refractivity contribution is -0.138. The van der Waals surface area contributed by atoms with Gasteiger partial charge in [-0.2, -0.15) is 0 Å². The molecule has 0 unspecified atom stereocenters. The van der Waals surface area contributed by atoms with Crippen molar-refractivity contribution in [3.8, 4) is 0 Å². The highest BCUT2D eigenvalue weighted by molar-refractivity contribution is 5.76. The Hall–Kier alpha value is -1.10. The molecule has 110 valence electrons. The van der Waals surface area contributed by atoms with Gasteiger partial charge in [0.2, 0.25) is 5.91 Å². The zero-order valence-corrected chi connectivity index (χ0v) is 11.9. The number of carbonyl (C=O) groups is 2. The Morgan fingerprint density at radius 1 is 1.42 bits per heavy atom. The van der Waals surface area contributed by atoms with Gasteiger partial charge < -0.3 is 15.7 Å². The summed E-state index contributed by atoms with van der Waals surface area (Å²) in [5.74, 6) is -0.299. The van der Waals surface area contributed by atoms with Gasteiger partial charge in [-0.05, 0) is 37.6 Å². The number of carboxylic acids is 1. The Kier molecular flexibility index (Phi) is 6.84. The third kappa shape index (κ3) is 7.15. The Morgan fingerprint density at radius 3 is 2.68 bits per heavy atom. The van der Waals surface area contributed by atoms with Crippen LogP contribution < -0.4 is 10.6 Å². The van der Waals surface area contributed by atoms with Crippen LogP contribution in [0.15, 0.2) is 0 Å². The first-order valence-electron chi connectivity index (χ1n) is 7.19. The molecule has 1 aliphatic heterocycles. The Morgan fingerprint density at radius 2 is 2.16 bits per heavy atom. The first-order chi connectivity index (χ1) is 8.97. The molecule has 5 nitrogen and oxygen atoms in total. The van der Waals surface area contributed by atoms with Gasteiger partial charge in [-0.15, -0.1) is 0 Å². The van der Waals surface area contributed by atoms with E-state index in [9.17, 15) is 9.59 Å². The van der Waals surface area contributed by atoms with Gasteiger partial charge in [-0.3, -0.25) is 9.59 Å². The highest BCUT2D eigenvalue weighted by Crippen LogP contribution is 2.15. The quantitative estimate of drug-likeness (QED) is 0.622. The molecule has 2 atom stereocenters. The molecular formula is C14H26N2O3. The Balaban J connectivity index is 2.28. The molecule has 0 saturated carbocycles. The number of hydrogen-bond acceptors (Lipinski definition) is 3. The first-order valence-corrected chi connectivity index (χ1v) is 7.19. The molecule has 5 heteroatoms. The van der Waals surface area contributed by atoms with E-state index in [1.54, 1.807) is 0 Å². The molecule has 0 aromatic carbocycles. The molecule has 1 amide bonds. The van der Waals surface area contributed by atoms with Crippen molar-refractivity contribution in [2.45, 2.75) is 52.0 Å². The molecule has 1 fully saturated rings. The fourth-order valence-corrected chi connectivity index (χ4v) is 2.64. The van der Waals surface area contributed by atoms with E-state index >= 15 is 0 Å². The van der Waals surface area contributed by atoms with Crippen LogP contribution in [-0.4, -0.2) is 36.1 Å². The first kappa shape index (κ1) is 16.0. The number of carboxylic acid groups (broad SMARTS) is 1. The predicted octanol–water partition coefficient (Wildman–Crippen LogP) is 1.38. The fraction of sp³-hybridized carbons (Fsp3) is 0.857. The van der Waals surface area contributed by atoms with E-state index in [0.29, 0.717) is 24.9 Å². The molecule has 1 heterocycles. The molecule has 0 radical (unpaired) electrons. The summed E-state index contributed by atoms with van der Waals surface area (Å²) in [5.41, 5.74) is 0. The lowest BCUT2D eigenvalue weighted by Gasteiger charge is -2.18. The van der Waals surface area contributed by atoms with Gasteiger partial charge in [0, 0.05) is 25.4 Å². The van der Waals surface area contributed by atoms with E-state index in [2.05, 4.69) is 24.5 Å². The van der Waals surface area contributed by atoms with E-state index in [0.717, 1.165) is 25.8 Å². The topological polar surface area (TPSA) is 78.4 Å². The third-order valence-corrected chi connectivity index (χ3v) is 3.45. The molecule has 0 bridgehead atoms. The molecule has 19 heavy (non-hydrogen) atoms. The number of carbonyl (C=O) groups excluding carboxylic acids is 1. The summed E-state index contributed by atoms with van der Waals surface area (Å²) in [7, 11) is 0. The van der Waals surface area contributed by atoms with Gasteiger partial charge in [0.05, 0.1) is 0 Å². The van der Waals surface area contributed by atoms with E-state index in [1.807, 2.05) is 0 Å². The lowest BCUT2D eigenvalue weighted by atomic mass is 9.94. The van der Waals surface area contributed by atoms with Crippen LogP contribution in [0.1, 0.15) is 46.0 Å². The average Bonchev–Trinajstić information content (AvgIpc) is 2.77. The van der Waals surface area contributed by atoms with E-state index in [4.69, 9.17) is 5.11 Å². The summed E-state index contributed by atoms with van der Waals surface area (Å²) < 4.78 is 0. The van der Waals surface area contributed by atoms with Gasteiger partial charge in [0.1, 0.15) is 0 Å². The van der Waals surface area contributed by atoms with Crippen LogP contribution in [-0.2, 0) is 9.59 Å². The monoisotopic (exact) mass is 270 g/mol. The molecule has 1 saturated heterocycles. The van der Waals surface area contributed by atoms with Crippen molar-refractivity contribution in [3.63, 3.8) is 0 Å². The van der Waals surface area contributed by atoms with E-state index < -0.39 is 5.97 Å². The second-order valence-corrected chi connectivity index (χ2v) is 5.89. The van der Waals surface area contributed by atoms with Crippen molar-refractivity contribution in [1.29, 1.82) is 0 Å². The molecule has 1 aliphatic rings. The van der Waals surface area contributed by atoms with Crippen LogP contribution in [0.5, 0.6) is 0 Å². The molecular weight excluding hydrogens is 244 g/mol. The molecule has 0 spiro atoms. The summed E-state index contributed by atoms with van der Waals surface area (Å²) in [6, 6.07) is 0.294. The minimum Gasteiger partial charge on any atom is -0.481 e. The average molecular weight is 270 g/mol. The van der Waals surface area contributed by atoms with Crippen LogP contribution in [0.25, 0.3) is 0 Å². The van der Waals surface area contributed by atoms with Crippen molar-refractivity contribution in [2.24, 2.45) is 11.8 Å². The van der Waals surface area contributed by atoms with Crippen molar-refractivity contribution >= 4 is 11.9 Å². The van der Waals surface area contributed by atoms with Crippen LogP contribution >= 0.6 is 0 Å². The number of aliphatic carboxylic acids is 1. The number of nitrogens with one attached hydrogen (secondary N) is 2. The maximum atomic E-state index is 11.8. The Bertz CT molecular complexity index is 299. The van der Waals surface area contributed by atoms with Gasteiger partial charge in [0.25, 0.3) is 0 Å². The molecule has 3 N–H and O–H groups in total. The largest absolute Gasteiger partial charge is 0.481 e. The van der Waals surface area contributed by atoms with Crippen LogP contribution in [0.4, 0.5) is 0 Å². The van der Waals surface area contributed by atoms with Crippen molar-refractivity contribution in [3.05, 3.63) is 0 Å². The number of rotatable bonds is 8. The highest BCUT2D eigenvalue weighted by Gasteiger charge is 2.19. The van der Waals surface area contributed by atoms with Crippen molar-refractivity contribution in [2.75, 3.05) is 13.1 Å². The predicted molar refractivity (Wildman–Crippen MR) is 73.8 cm³/mol. The summed E-state index contributed by atoms with van der Waals surface area (Å²) in [6.07, 6.45) is 3.64. The maximum Gasteiger partial charge on any atom is 0.303 e. The SMILES string of the molecule is CC(C)C[C@@H](CNC(=O)C[C@@H]1CCCN1)CC(=O)O. The standard InChI is InChI=1S/C14H26N2O3/c1-10(2)6-11(7-14(18)19)9-16-13(17)8-12-4-3-5-15-12/h10-12,15H,3-9H2,1-2H3,(H,16,17)(H,18,19)/t11-,12+/m1/s1. The third-order valence-electron chi connectivity index (χ3n) is 3.45.